The minimum Gasteiger partial charge on any atom is -0.508 e. The fourth-order valence-electron chi connectivity index (χ4n) is 3.32. The number of benzene rings is 3. The minimum atomic E-state index is -1.41. The molecule has 4 rings (SSSR count). The third-order valence-corrected chi connectivity index (χ3v) is 4.74. The molecule has 3 aromatic rings. The van der Waals surface area contributed by atoms with Crippen LogP contribution >= 0.6 is 0 Å². The molecule has 7 nitrogen and oxygen atoms in total. The molecule has 1 fully saturated rings. The van der Waals surface area contributed by atoms with Gasteiger partial charge < -0.3 is 15.5 Å². The molecule has 0 radical (unpaired) electrons. The number of amides is 3. The van der Waals surface area contributed by atoms with Crippen LogP contribution in [0.3, 0.4) is 0 Å². The number of hydrogen-bond donors (Lipinski definition) is 3. The van der Waals surface area contributed by atoms with Gasteiger partial charge in [-0.1, -0.05) is 60.7 Å². The first-order valence-corrected chi connectivity index (χ1v) is 8.86. The van der Waals surface area contributed by atoms with E-state index in [9.17, 15) is 19.8 Å². The molecule has 1 saturated heterocycles. The maximum absolute atomic E-state index is 13.4. The number of aromatic hydroxyl groups is 2. The van der Waals surface area contributed by atoms with Crippen molar-refractivity contribution in [3.05, 3.63) is 95.6 Å². The van der Waals surface area contributed by atoms with Crippen molar-refractivity contribution in [2.75, 3.05) is 0 Å². The lowest BCUT2D eigenvalue weighted by Gasteiger charge is -2.27. The molecule has 1 aliphatic rings. The van der Waals surface area contributed by atoms with E-state index in [0.717, 1.165) is 11.1 Å². The Bertz CT molecular complexity index is 1060. The second-order valence-corrected chi connectivity index (χ2v) is 6.52. The van der Waals surface area contributed by atoms with Gasteiger partial charge in [0.05, 0.1) is 6.21 Å². The number of hydrogen-bond acceptors (Lipinski definition) is 5. The van der Waals surface area contributed by atoms with Gasteiger partial charge >= 0.3 is 6.03 Å². The summed E-state index contributed by atoms with van der Waals surface area (Å²) in [6.07, 6.45) is 1.19. The number of nitrogens with zero attached hydrogens (tertiary/aromatic N) is 2. The Morgan fingerprint density at radius 2 is 1.45 bits per heavy atom. The lowest BCUT2D eigenvalue weighted by molar-refractivity contribution is -0.130. The highest BCUT2D eigenvalue weighted by Crippen LogP contribution is 2.36. The number of phenols is 2. The zero-order chi connectivity index (χ0) is 20.4. The first-order valence-electron chi connectivity index (χ1n) is 8.86. The number of carbonyl (C=O) groups is 2. The summed E-state index contributed by atoms with van der Waals surface area (Å²) in [5.41, 5.74) is 0.0540. The molecule has 29 heavy (non-hydrogen) atoms. The predicted molar refractivity (Wildman–Crippen MR) is 106 cm³/mol. The third-order valence-electron chi connectivity index (χ3n) is 4.74. The first-order chi connectivity index (χ1) is 14.0. The van der Waals surface area contributed by atoms with E-state index in [0.29, 0.717) is 11.1 Å². The van der Waals surface area contributed by atoms with Crippen LogP contribution in [0.25, 0.3) is 0 Å². The van der Waals surface area contributed by atoms with Gasteiger partial charge in [0.25, 0.3) is 5.91 Å². The second-order valence-electron chi connectivity index (χ2n) is 6.52. The van der Waals surface area contributed by atoms with E-state index in [2.05, 4.69) is 10.4 Å². The SMILES string of the molecule is O=C1NC(c2ccccc2)(c2ccccc2)C(=O)N1/N=C/c1ccc(O)cc1O. The van der Waals surface area contributed by atoms with Crippen LogP contribution in [0.15, 0.2) is 84.0 Å². The zero-order valence-corrected chi connectivity index (χ0v) is 15.2. The molecule has 0 unspecified atom stereocenters. The van der Waals surface area contributed by atoms with E-state index in [-0.39, 0.29) is 17.1 Å². The molecule has 3 N–H and O–H groups in total. The molecular formula is C22H17N3O4. The summed E-state index contributed by atoms with van der Waals surface area (Å²) in [4.78, 5) is 26.1. The van der Waals surface area contributed by atoms with E-state index < -0.39 is 17.5 Å². The molecule has 0 bridgehead atoms. The molecule has 144 valence electrons. The van der Waals surface area contributed by atoms with E-state index in [1.54, 1.807) is 48.5 Å². The minimum absolute atomic E-state index is 0.109. The van der Waals surface area contributed by atoms with Crippen molar-refractivity contribution in [1.29, 1.82) is 0 Å². The summed E-state index contributed by atoms with van der Waals surface area (Å²) >= 11 is 0. The Hall–Kier alpha value is -4.13. The van der Waals surface area contributed by atoms with Gasteiger partial charge in [-0.3, -0.25) is 4.79 Å². The lowest BCUT2D eigenvalue weighted by Crippen LogP contribution is -2.44. The van der Waals surface area contributed by atoms with Crippen LogP contribution in [0.1, 0.15) is 16.7 Å². The summed E-state index contributed by atoms with van der Waals surface area (Å²) in [6.45, 7) is 0. The van der Waals surface area contributed by atoms with Gasteiger partial charge in [0.2, 0.25) is 0 Å². The summed E-state index contributed by atoms with van der Waals surface area (Å²) < 4.78 is 0. The average molecular weight is 387 g/mol. The van der Waals surface area contributed by atoms with Crippen molar-refractivity contribution in [3.8, 4) is 11.5 Å². The Balaban J connectivity index is 1.77. The van der Waals surface area contributed by atoms with Crippen molar-refractivity contribution in [2.45, 2.75) is 5.54 Å². The van der Waals surface area contributed by atoms with Crippen molar-refractivity contribution in [2.24, 2.45) is 5.10 Å². The highest BCUT2D eigenvalue weighted by Gasteiger charge is 2.54. The van der Waals surface area contributed by atoms with Gasteiger partial charge in [0.1, 0.15) is 11.5 Å². The van der Waals surface area contributed by atoms with E-state index in [1.807, 2.05) is 12.1 Å². The smallest absolute Gasteiger partial charge is 0.346 e. The van der Waals surface area contributed by atoms with E-state index in [4.69, 9.17) is 0 Å². The lowest BCUT2D eigenvalue weighted by atomic mass is 9.83. The fourth-order valence-corrected chi connectivity index (χ4v) is 3.32. The zero-order valence-electron chi connectivity index (χ0n) is 15.2. The third kappa shape index (κ3) is 3.08. The molecule has 1 heterocycles. The van der Waals surface area contributed by atoms with Crippen molar-refractivity contribution in [1.82, 2.24) is 10.3 Å². The largest absolute Gasteiger partial charge is 0.508 e. The van der Waals surface area contributed by atoms with E-state index in [1.165, 1.54) is 18.3 Å². The van der Waals surface area contributed by atoms with Crippen LogP contribution in [-0.2, 0) is 10.3 Å². The van der Waals surface area contributed by atoms with Crippen LogP contribution in [0.2, 0.25) is 0 Å². The Kier molecular flexibility index (Phi) is 4.48. The fraction of sp³-hybridized carbons (Fsp3) is 0.0455. The Morgan fingerprint density at radius 3 is 2.00 bits per heavy atom. The van der Waals surface area contributed by atoms with Gasteiger partial charge in [-0.2, -0.15) is 5.10 Å². The van der Waals surface area contributed by atoms with E-state index >= 15 is 0 Å². The summed E-state index contributed by atoms with van der Waals surface area (Å²) in [6, 6.07) is 21.1. The second kappa shape index (κ2) is 7.12. The molecule has 0 spiro atoms. The summed E-state index contributed by atoms with van der Waals surface area (Å²) in [5.74, 6) is -0.894. The Labute approximate surface area is 166 Å². The summed E-state index contributed by atoms with van der Waals surface area (Å²) in [7, 11) is 0. The van der Waals surface area contributed by atoms with Crippen LogP contribution in [0.4, 0.5) is 4.79 Å². The van der Waals surface area contributed by atoms with Crippen molar-refractivity contribution < 1.29 is 19.8 Å². The highest BCUT2D eigenvalue weighted by atomic mass is 16.3. The number of imide groups is 1. The van der Waals surface area contributed by atoms with Crippen molar-refractivity contribution in [3.63, 3.8) is 0 Å². The molecule has 3 amide bonds. The molecule has 0 aliphatic carbocycles. The number of phenolic OH excluding ortho intramolecular Hbond substituents is 2. The normalized spacial score (nSPS) is 15.7. The molecule has 3 aromatic carbocycles. The van der Waals surface area contributed by atoms with Crippen molar-refractivity contribution >= 4 is 18.2 Å². The van der Waals surface area contributed by atoms with Crippen LogP contribution in [0, 0.1) is 0 Å². The van der Waals surface area contributed by atoms with Crippen LogP contribution < -0.4 is 5.32 Å². The van der Waals surface area contributed by atoms with Crippen LogP contribution in [-0.4, -0.2) is 33.4 Å². The Morgan fingerprint density at radius 1 is 0.862 bits per heavy atom. The molecule has 0 atom stereocenters. The van der Waals surface area contributed by atoms with Crippen LogP contribution in [0.5, 0.6) is 11.5 Å². The monoisotopic (exact) mass is 387 g/mol. The first kappa shape index (κ1) is 18.2. The number of carbonyl (C=O) groups excluding carboxylic acids is 2. The topological polar surface area (TPSA) is 102 Å². The highest BCUT2D eigenvalue weighted by molar-refractivity contribution is 6.10. The predicted octanol–water partition coefficient (Wildman–Crippen LogP) is 2.93. The van der Waals surface area contributed by atoms with Gasteiger partial charge in [-0.25, -0.2) is 4.79 Å². The standard InChI is InChI=1S/C22H17N3O4/c26-18-12-11-15(19(27)13-18)14-23-25-20(28)22(24-21(25)29,16-7-3-1-4-8-16)17-9-5-2-6-10-17/h1-14,26-27H,(H,24,29)/b23-14+. The summed E-state index contributed by atoms with van der Waals surface area (Å²) in [5, 5.41) is 26.8. The number of rotatable bonds is 4. The van der Waals surface area contributed by atoms with Gasteiger partial charge in [-0.15, -0.1) is 5.01 Å². The molecule has 0 saturated carbocycles. The molecular weight excluding hydrogens is 370 g/mol. The molecule has 1 aliphatic heterocycles. The van der Waals surface area contributed by atoms with Gasteiger partial charge in [0.15, 0.2) is 5.54 Å². The quantitative estimate of drug-likeness (QED) is 0.473. The maximum Gasteiger partial charge on any atom is 0.346 e. The number of hydrazone groups is 1. The maximum atomic E-state index is 13.4. The number of urea groups is 1. The van der Waals surface area contributed by atoms with Gasteiger partial charge in [0, 0.05) is 11.6 Å². The molecule has 7 heteroatoms. The molecule has 0 aromatic heterocycles. The number of nitrogens with one attached hydrogen (secondary N) is 1. The average Bonchev–Trinajstić information content (AvgIpc) is 3.00. The van der Waals surface area contributed by atoms with Gasteiger partial charge in [-0.05, 0) is 23.3 Å².